The summed E-state index contributed by atoms with van der Waals surface area (Å²) in [6, 6.07) is 15.7. The average Bonchev–Trinajstić information content (AvgIpc) is 3.50. The van der Waals surface area contributed by atoms with Crippen LogP contribution in [0.5, 0.6) is 0 Å². The van der Waals surface area contributed by atoms with Gasteiger partial charge in [0.2, 0.25) is 5.91 Å². The number of furan rings is 1. The fraction of sp³-hybridized carbons (Fsp3) is 0.318. The van der Waals surface area contributed by atoms with Crippen LogP contribution in [-0.4, -0.2) is 33.2 Å². The molecule has 29 heavy (non-hydrogen) atoms. The summed E-state index contributed by atoms with van der Waals surface area (Å²) in [6.07, 6.45) is 7.65. The fourth-order valence-corrected chi connectivity index (χ4v) is 3.86. The molecule has 1 amide bonds. The summed E-state index contributed by atoms with van der Waals surface area (Å²) in [6.45, 7) is 0.824. The number of nitrogens with zero attached hydrogens (tertiary/aromatic N) is 4. The number of hydrogen-bond donors (Lipinski definition) is 1. The summed E-state index contributed by atoms with van der Waals surface area (Å²) >= 11 is 0. The molecule has 0 atom stereocenters. The maximum atomic E-state index is 12.9. The Morgan fingerprint density at radius 1 is 1.24 bits per heavy atom. The van der Waals surface area contributed by atoms with E-state index in [0.717, 1.165) is 24.3 Å². The van der Waals surface area contributed by atoms with E-state index in [1.165, 1.54) is 19.0 Å². The topological polar surface area (TPSA) is 87.1 Å². The first-order valence-electron chi connectivity index (χ1n) is 9.84. The lowest BCUT2D eigenvalue weighted by Crippen LogP contribution is -2.39. The van der Waals surface area contributed by atoms with Crippen LogP contribution in [0.4, 0.5) is 5.82 Å². The second-order valence-corrected chi connectivity index (χ2v) is 7.24. The molecule has 0 saturated heterocycles. The number of carbonyl (C=O) groups is 1. The molecule has 7 nitrogen and oxygen atoms in total. The zero-order valence-corrected chi connectivity index (χ0v) is 16.1. The Labute approximate surface area is 169 Å². The highest BCUT2D eigenvalue weighted by Crippen LogP contribution is 2.25. The van der Waals surface area contributed by atoms with Crippen LogP contribution in [-0.2, 0) is 11.3 Å². The number of nitriles is 1. The predicted octanol–water partition coefficient (Wildman–Crippen LogP) is 3.72. The molecule has 0 spiro atoms. The van der Waals surface area contributed by atoms with Gasteiger partial charge in [-0.05, 0) is 37.1 Å². The summed E-state index contributed by atoms with van der Waals surface area (Å²) in [5, 5.41) is 16.6. The van der Waals surface area contributed by atoms with Crippen LogP contribution in [0.25, 0.3) is 5.69 Å². The maximum Gasteiger partial charge on any atom is 0.239 e. The molecule has 2 heterocycles. The van der Waals surface area contributed by atoms with Gasteiger partial charge in [0, 0.05) is 6.04 Å². The number of hydrogen-bond acceptors (Lipinski definition) is 5. The van der Waals surface area contributed by atoms with E-state index in [2.05, 4.69) is 21.4 Å². The molecule has 148 valence electrons. The van der Waals surface area contributed by atoms with Crippen molar-refractivity contribution in [3.05, 3.63) is 66.2 Å². The fourth-order valence-electron chi connectivity index (χ4n) is 3.86. The highest BCUT2D eigenvalue weighted by molar-refractivity contribution is 5.93. The van der Waals surface area contributed by atoms with Crippen molar-refractivity contribution in [2.75, 3.05) is 11.9 Å². The van der Waals surface area contributed by atoms with Gasteiger partial charge in [-0.15, -0.1) is 0 Å². The molecular weight excluding hydrogens is 366 g/mol. The Balaban J connectivity index is 1.52. The Bertz CT molecular complexity index is 982. The average molecular weight is 389 g/mol. The second kappa shape index (κ2) is 8.76. The van der Waals surface area contributed by atoms with Gasteiger partial charge in [-0.2, -0.15) is 10.4 Å². The van der Waals surface area contributed by atoms with Crippen LogP contribution >= 0.6 is 0 Å². The van der Waals surface area contributed by atoms with Crippen molar-refractivity contribution < 1.29 is 9.21 Å². The molecule has 1 aliphatic rings. The monoisotopic (exact) mass is 389 g/mol. The summed E-state index contributed by atoms with van der Waals surface area (Å²) in [7, 11) is 0. The van der Waals surface area contributed by atoms with Crippen molar-refractivity contribution in [1.29, 1.82) is 5.26 Å². The Kier molecular flexibility index (Phi) is 5.73. The minimum Gasteiger partial charge on any atom is -0.468 e. The number of amides is 1. The molecule has 1 aromatic carbocycles. The summed E-state index contributed by atoms with van der Waals surface area (Å²) in [4.78, 5) is 15.1. The van der Waals surface area contributed by atoms with Crippen LogP contribution in [0, 0.1) is 11.3 Å². The number of rotatable bonds is 7. The van der Waals surface area contributed by atoms with Gasteiger partial charge in [-0.3, -0.25) is 9.69 Å². The van der Waals surface area contributed by atoms with Gasteiger partial charge in [0.25, 0.3) is 0 Å². The van der Waals surface area contributed by atoms with Crippen molar-refractivity contribution in [2.45, 2.75) is 38.3 Å². The summed E-state index contributed by atoms with van der Waals surface area (Å²) in [5.41, 5.74) is 1.12. The lowest BCUT2D eigenvalue weighted by molar-refractivity contribution is -0.118. The summed E-state index contributed by atoms with van der Waals surface area (Å²) < 4.78 is 7.08. The van der Waals surface area contributed by atoms with Crippen molar-refractivity contribution in [1.82, 2.24) is 14.7 Å². The highest BCUT2D eigenvalue weighted by Gasteiger charge is 2.26. The molecule has 0 aliphatic heterocycles. The first kappa shape index (κ1) is 19.0. The number of carbonyl (C=O) groups excluding carboxylic acids is 1. The molecule has 3 aromatic rings. The van der Waals surface area contributed by atoms with Gasteiger partial charge in [0.05, 0.1) is 31.2 Å². The number of benzene rings is 1. The second-order valence-electron chi connectivity index (χ2n) is 7.24. The largest absolute Gasteiger partial charge is 0.468 e. The third-order valence-corrected chi connectivity index (χ3v) is 5.28. The Hall–Kier alpha value is -3.37. The molecule has 2 aromatic heterocycles. The third-order valence-electron chi connectivity index (χ3n) is 5.28. The summed E-state index contributed by atoms with van der Waals surface area (Å²) in [5.74, 6) is 1.07. The number of aromatic nitrogens is 2. The predicted molar refractivity (Wildman–Crippen MR) is 108 cm³/mol. The van der Waals surface area contributed by atoms with Crippen LogP contribution in [0.15, 0.2) is 59.3 Å². The van der Waals surface area contributed by atoms with Gasteiger partial charge in [-0.1, -0.05) is 31.0 Å². The van der Waals surface area contributed by atoms with E-state index >= 15 is 0 Å². The Morgan fingerprint density at radius 3 is 2.72 bits per heavy atom. The first-order valence-corrected chi connectivity index (χ1v) is 9.84. The van der Waals surface area contributed by atoms with E-state index in [4.69, 9.17) is 4.42 Å². The molecule has 1 N–H and O–H groups in total. The molecule has 0 unspecified atom stereocenters. The first-order chi connectivity index (χ1) is 14.2. The molecule has 0 bridgehead atoms. The molecule has 1 saturated carbocycles. The van der Waals surface area contributed by atoms with E-state index in [-0.39, 0.29) is 12.5 Å². The van der Waals surface area contributed by atoms with Crippen LogP contribution in [0.1, 0.15) is 37.0 Å². The van der Waals surface area contributed by atoms with E-state index in [0.29, 0.717) is 24.0 Å². The normalized spacial score (nSPS) is 14.2. The molecular formula is C22H23N5O2. The van der Waals surface area contributed by atoms with Crippen LogP contribution < -0.4 is 5.32 Å². The van der Waals surface area contributed by atoms with Crippen molar-refractivity contribution >= 4 is 11.7 Å². The standard InChI is InChI=1S/C22H23N5O2/c23-13-17-14-24-27(19-9-2-1-3-10-19)22(17)25-21(28)16-26(18-7-4-5-8-18)15-20-11-6-12-29-20/h1-3,6,9-12,14,18H,4-5,7-8,15-16H2,(H,25,28). The van der Waals surface area contributed by atoms with E-state index in [9.17, 15) is 10.1 Å². The molecule has 1 fully saturated rings. The van der Waals surface area contributed by atoms with Crippen LogP contribution in [0.2, 0.25) is 0 Å². The lowest BCUT2D eigenvalue weighted by atomic mass is 10.2. The highest BCUT2D eigenvalue weighted by atomic mass is 16.3. The molecule has 0 radical (unpaired) electrons. The van der Waals surface area contributed by atoms with E-state index in [1.807, 2.05) is 42.5 Å². The number of para-hydroxylation sites is 1. The van der Waals surface area contributed by atoms with Gasteiger partial charge >= 0.3 is 0 Å². The molecule has 7 heteroatoms. The minimum absolute atomic E-state index is 0.169. The van der Waals surface area contributed by atoms with E-state index in [1.54, 1.807) is 10.9 Å². The van der Waals surface area contributed by atoms with E-state index < -0.39 is 0 Å². The van der Waals surface area contributed by atoms with Crippen molar-refractivity contribution in [3.8, 4) is 11.8 Å². The third kappa shape index (κ3) is 4.39. The van der Waals surface area contributed by atoms with Gasteiger partial charge < -0.3 is 9.73 Å². The smallest absolute Gasteiger partial charge is 0.239 e. The maximum absolute atomic E-state index is 12.9. The van der Waals surface area contributed by atoms with Gasteiger partial charge in [0.1, 0.15) is 17.4 Å². The Morgan fingerprint density at radius 2 is 2.03 bits per heavy atom. The van der Waals surface area contributed by atoms with Crippen molar-refractivity contribution in [3.63, 3.8) is 0 Å². The molecule has 4 rings (SSSR count). The minimum atomic E-state index is -0.169. The zero-order chi connectivity index (χ0) is 20.1. The lowest BCUT2D eigenvalue weighted by Gasteiger charge is -2.27. The number of anilines is 1. The SMILES string of the molecule is N#Cc1cnn(-c2ccccc2)c1NC(=O)CN(Cc1ccco1)C1CCCC1. The molecule has 1 aliphatic carbocycles. The van der Waals surface area contributed by atoms with Gasteiger partial charge in [-0.25, -0.2) is 4.68 Å². The van der Waals surface area contributed by atoms with Gasteiger partial charge in [0.15, 0.2) is 5.82 Å². The quantitative estimate of drug-likeness (QED) is 0.665. The van der Waals surface area contributed by atoms with Crippen LogP contribution in [0.3, 0.4) is 0 Å². The van der Waals surface area contributed by atoms with Crippen molar-refractivity contribution in [2.24, 2.45) is 0 Å². The number of nitrogens with one attached hydrogen (secondary N) is 1. The zero-order valence-electron chi connectivity index (χ0n) is 16.1.